The minimum absolute atomic E-state index is 0.135. The van der Waals surface area contributed by atoms with E-state index < -0.39 is 11.6 Å². The molecule has 0 radical (unpaired) electrons. The Labute approximate surface area is 88.1 Å². The average molecular weight is 212 g/mol. The van der Waals surface area contributed by atoms with Crippen LogP contribution in [0.15, 0.2) is 18.2 Å². The molecule has 1 aromatic carbocycles. The van der Waals surface area contributed by atoms with E-state index in [2.05, 4.69) is 0 Å². The number of hydrogen-bond acceptors (Lipinski definition) is 1. The van der Waals surface area contributed by atoms with Gasteiger partial charge in [-0.2, -0.15) is 0 Å². The van der Waals surface area contributed by atoms with Gasteiger partial charge < -0.3 is 0 Å². The molecular weight excluding hydrogens is 198 g/mol. The van der Waals surface area contributed by atoms with Crippen LogP contribution in [0.2, 0.25) is 0 Å². The van der Waals surface area contributed by atoms with Crippen LogP contribution >= 0.6 is 0 Å². The molecule has 0 atom stereocenters. The highest BCUT2D eigenvalue weighted by Crippen LogP contribution is 2.19. The number of halogens is 2. The number of hydrogen-bond donors (Lipinski definition) is 0. The highest BCUT2D eigenvalue weighted by atomic mass is 19.2. The van der Waals surface area contributed by atoms with Crippen molar-refractivity contribution in [2.75, 3.05) is 0 Å². The molecule has 0 aliphatic carbocycles. The first-order chi connectivity index (χ1) is 7.11. The molecule has 0 N–H and O–H groups in total. The molecule has 0 bridgehead atoms. The van der Waals surface area contributed by atoms with Gasteiger partial charge in [-0.05, 0) is 25.0 Å². The minimum atomic E-state index is -1.03. The van der Waals surface area contributed by atoms with E-state index in [0.717, 1.165) is 6.07 Å². The quantitative estimate of drug-likeness (QED) is 0.697. The van der Waals surface area contributed by atoms with Gasteiger partial charge in [-0.3, -0.25) is 4.79 Å². The van der Waals surface area contributed by atoms with Crippen molar-refractivity contribution in [3.63, 3.8) is 0 Å². The second kappa shape index (κ2) is 5.01. The third-order valence-corrected chi connectivity index (χ3v) is 2.57. The van der Waals surface area contributed by atoms with Crippen LogP contribution in [0.1, 0.15) is 37.0 Å². The molecule has 0 heterocycles. The summed E-state index contributed by atoms with van der Waals surface area (Å²) in [5.41, 5.74) is -0.135. The highest BCUT2D eigenvalue weighted by molar-refractivity contribution is 5.98. The highest BCUT2D eigenvalue weighted by Gasteiger charge is 2.21. The van der Waals surface area contributed by atoms with Crippen molar-refractivity contribution in [1.82, 2.24) is 0 Å². The first-order valence-electron chi connectivity index (χ1n) is 5.10. The van der Waals surface area contributed by atoms with Crippen molar-refractivity contribution in [1.29, 1.82) is 0 Å². The van der Waals surface area contributed by atoms with E-state index in [1.165, 1.54) is 12.1 Å². The van der Waals surface area contributed by atoms with Gasteiger partial charge in [0.1, 0.15) is 0 Å². The maximum Gasteiger partial charge on any atom is 0.169 e. The molecule has 3 heteroatoms. The van der Waals surface area contributed by atoms with Gasteiger partial charge >= 0.3 is 0 Å². The molecule has 15 heavy (non-hydrogen) atoms. The van der Waals surface area contributed by atoms with Crippen molar-refractivity contribution >= 4 is 5.78 Å². The zero-order chi connectivity index (χ0) is 11.4. The van der Waals surface area contributed by atoms with Gasteiger partial charge in [0, 0.05) is 5.92 Å². The van der Waals surface area contributed by atoms with Crippen LogP contribution in [0.5, 0.6) is 0 Å². The number of rotatable bonds is 4. The molecule has 0 aliphatic heterocycles. The standard InChI is InChI=1S/C12H14F2O/c1-3-8(4-2)12(15)9-6-5-7-10(13)11(9)14/h5-8H,3-4H2,1-2H3. The van der Waals surface area contributed by atoms with Gasteiger partial charge in [-0.25, -0.2) is 8.78 Å². The van der Waals surface area contributed by atoms with E-state index in [-0.39, 0.29) is 17.3 Å². The predicted octanol–water partition coefficient (Wildman–Crippen LogP) is 3.58. The lowest BCUT2D eigenvalue weighted by Gasteiger charge is -2.11. The summed E-state index contributed by atoms with van der Waals surface area (Å²) >= 11 is 0. The molecule has 0 aromatic heterocycles. The molecule has 0 aliphatic rings. The topological polar surface area (TPSA) is 17.1 Å². The lowest BCUT2D eigenvalue weighted by atomic mass is 9.93. The number of carbonyl (C=O) groups is 1. The van der Waals surface area contributed by atoms with E-state index in [9.17, 15) is 13.6 Å². The van der Waals surface area contributed by atoms with E-state index in [1.807, 2.05) is 13.8 Å². The monoisotopic (exact) mass is 212 g/mol. The Morgan fingerprint density at radius 2 is 1.87 bits per heavy atom. The van der Waals surface area contributed by atoms with E-state index in [1.54, 1.807) is 0 Å². The zero-order valence-corrected chi connectivity index (χ0v) is 8.89. The number of carbonyl (C=O) groups excluding carboxylic acids is 1. The third kappa shape index (κ3) is 2.41. The SMILES string of the molecule is CCC(CC)C(=O)c1cccc(F)c1F. The van der Waals surface area contributed by atoms with Crippen molar-refractivity contribution in [2.24, 2.45) is 5.92 Å². The summed E-state index contributed by atoms with van der Waals surface area (Å²) in [6.07, 6.45) is 1.29. The predicted molar refractivity (Wildman–Crippen MR) is 54.8 cm³/mol. The fourth-order valence-corrected chi connectivity index (χ4v) is 1.57. The number of ketones is 1. The van der Waals surface area contributed by atoms with Crippen molar-refractivity contribution in [3.05, 3.63) is 35.4 Å². The third-order valence-electron chi connectivity index (χ3n) is 2.57. The van der Waals surface area contributed by atoms with Crippen LogP contribution in [-0.4, -0.2) is 5.78 Å². The molecule has 0 saturated carbocycles. The summed E-state index contributed by atoms with van der Waals surface area (Å²) in [7, 11) is 0. The molecule has 1 nitrogen and oxygen atoms in total. The molecule has 0 spiro atoms. The van der Waals surface area contributed by atoms with E-state index in [4.69, 9.17) is 0 Å². The fraction of sp³-hybridized carbons (Fsp3) is 0.417. The Kier molecular flexibility index (Phi) is 3.95. The average Bonchev–Trinajstić information content (AvgIpc) is 2.23. The molecule has 82 valence electrons. The summed E-state index contributed by atoms with van der Waals surface area (Å²) in [6, 6.07) is 3.70. The molecular formula is C12H14F2O. The Bertz CT molecular complexity index is 357. The van der Waals surface area contributed by atoms with Crippen molar-refractivity contribution in [3.8, 4) is 0 Å². The minimum Gasteiger partial charge on any atom is -0.294 e. The van der Waals surface area contributed by atoms with Gasteiger partial charge in [-0.1, -0.05) is 19.9 Å². The Morgan fingerprint density at radius 1 is 1.27 bits per heavy atom. The Balaban J connectivity index is 3.05. The van der Waals surface area contributed by atoms with Crippen LogP contribution in [0.4, 0.5) is 8.78 Å². The molecule has 0 fully saturated rings. The second-order valence-corrected chi connectivity index (χ2v) is 3.48. The normalized spacial score (nSPS) is 10.7. The lowest BCUT2D eigenvalue weighted by Crippen LogP contribution is -2.15. The van der Waals surface area contributed by atoms with Crippen molar-refractivity contribution < 1.29 is 13.6 Å². The van der Waals surface area contributed by atoms with Crippen LogP contribution < -0.4 is 0 Å². The second-order valence-electron chi connectivity index (χ2n) is 3.48. The smallest absolute Gasteiger partial charge is 0.169 e. The first kappa shape index (κ1) is 11.8. The maximum atomic E-state index is 13.3. The lowest BCUT2D eigenvalue weighted by molar-refractivity contribution is 0.0908. The first-order valence-corrected chi connectivity index (χ1v) is 5.10. The van der Waals surface area contributed by atoms with Gasteiger partial charge in [0.05, 0.1) is 5.56 Å². The molecule has 0 amide bonds. The van der Waals surface area contributed by atoms with Crippen LogP contribution in [-0.2, 0) is 0 Å². The van der Waals surface area contributed by atoms with Gasteiger partial charge in [-0.15, -0.1) is 0 Å². The van der Waals surface area contributed by atoms with Crippen LogP contribution in [0.25, 0.3) is 0 Å². The number of benzene rings is 1. The number of Topliss-reactive ketones (excluding diaryl/α,β-unsaturated/α-hetero) is 1. The Morgan fingerprint density at radius 3 is 2.40 bits per heavy atom. The fourth-order valence-electron chi connectivity index (χ4n) is 1.57. The van der Waals surface area contributed by atoms with Crippen LogP contribution in [0.3, 0.4) is 0 Å². The summed E-state index contributed by atoms with van der Waals surface area (Å²) in [5.74, 6) is -2.53. The maximum absolute atomic E-state index is 13.3. The molecule has 0 saturated heterocycles. The molecule has 1 rings (SSSR count). The molecule has 1 aromatic rings. The van der Waals surface area contributed by atoms with E-state index >= 15 is 0 Å². The van der Waals surface area contributed by atoms with Crippen LogP contribution in [0, 0.1) is 17.6 Å². The summed E-state index contributed by atoms with van der Waals surface area (Å²) < 4.78 is 26.2. The van der Waals surface area contributed by atoms with Crippen molar-refractivity contribution in [2.45, 2.75) is 26.7 Å². The summed E-state index contributed by atoms with van der Waals surface area (Å²) in [5, 5.41) is 0. The van der Waals surface area contributed by atoms with Gasteiger partial charge in [0.25, 0.3) is 0 Å². The van der Waals surface area contributed by atoms with E-state index in [0.29, 0.717) is 12.8 Å². The summed E-state index contributed by atoms with van der Waals surface area (Å²) in [6.45, 7) is 3.73. The largest absolute Gasteiger partial charge is 0.294 e. The van der Waals surface area contributed by atoms with Gasteiger partial charge in [0.15, 0.2) is 17.4 Å². The van der Waals surface area contributed by atoms with Gasteiger partial charge in [0.2, 0.25) is 0 Å². The zero-order valence-electron chi connectivity index (χ0n) is 8.89. The summed E-state index contributed by atoms with van der Waals surface area (Å²) in [4.78, 5) is 11.8. The molecule has 0 unspecified atom stereocenters. The Hall–Kier alpha value is -1.25.